The van der Waals surface area contributed by atoms with E-state index in [1.54, 1.807) is 23.7 Å². The van der Waals surface area contributed by atoms with E-state index in [1.807, 2.05) is 42.5 Å². The summed E-state index contributed by atoms with van der Waals surface area (Å²) in [6, 6.07) is 13.1. The molecule has 0 saturated carbocycles. The highest BCUT2D eigenvalue weighted by Crippen LogP contribution is 2.35. The zero-order valence-corrected chi connectivity index (χ0v) is 13.6. The van der Waals surface area contributed by atoms with Gasteiger partial charge in [0.15, 0.2) is 0 Å². The Morgan fingerprint density at radius 2 is 1.82 bits per heavy atom. The summed E-state index contributed by atoms with van der Waals surface area (Å²) in [6.07, 6.45) is 5.07. The lowest BCUT2D eigenvalue weighted by Crippen LogP contribution is -2.34. The van der Waals surface area contributed by atoms with E-state index in [0.29, 0.717) is 10.0 Å². The third-order valence-electron chi connectivity index (χ3n) is 3.25. The van der Waals surface area contributed by atoms with Crippen LogP contribution in [0.25, 0.3) is 0 Å². The average Bonchev–Trinajstić information content (AvgIpc) is 2.56. The minimum absolute atomic E-state index is 0.332. The van der Waals surface area contributed by atoms with Crippen LogP contribution in [-0.4, -0.2) is 6.34 Å². The molecule has 3 rings (SSSR count). The van der Waals surface area contributed by atoms with Crippen LogP contribution in [0.2, 0.25) is 10.0 Å². The van der Waals surface area contributed by atoms with Gasteiger partial charge in [-0.1, -0.05) is 41.4 Å². The number of benzene rings is 2. The Morgan fingerprint density at radius 1 is 1.05 bits per heavy atom. The summed E-state index contributed by atoms with van der Waals surface area (Å²) in [4.78, 5) is 4.05. The van der Waals surface area contributed by atoms with E-state index in [4.69, 9.17) is 34.8 Å². The maximum Gasteiger partial charge on any atom is 0.115 e. The fourth-order valence-electron chi connectivity index (χ4n) is 2.12. The molecule has 0 aliphatic carbocycles. The highest BCUT2D eigenvalue weighted by atomic mass is 35.5. The first-order chi connectivity index (χ1) is 10.6. The molecule has 1 N–H and O–H groups in total. The van der Waals surface area contributed by atoms with E-state index >= 15 is 0 Å². The van der Waals surface area contributed by atoms with Crippen LogP contribution in [0.4, 0.5) is 5.69 Å². The number of nitrogens with one attached hydrogen (secondary N) is 1. The summed E-state index contributed by atoms with van der Waals surface area (Å²) < 4.78 is 0. The number of alkyl halides is 1. The van der Waals surface area contributed by atoms with Gasteiger partial charge in [0.2, 0.25) is 0 Å². The van der Waals surface area contributed by atoms with Crippen LogP contribution in [0, 0.1) is 0 Å². The molecule has 1 heterocycles. The van der Waals surface area contributed by atoms with Gasteiger partial charge in [-0.25, -0.2) is 10.0 Å². The summed E-state index contributed by atoms with van der Waals surface area (Å²) in [6.45, 7) is 0. The summed E-state index contributed by atoms with van der Waals surface area (Å²) in [5, 5.41) is 2.71. The smallest absolute Gasteiger partial charge is 0.115 e. The van der Waals surface area contributed by atoms with Crippen molar-refractivity contribution in [2.45, 2.75) is 5.38 Å². The highest BCUT2D eigenvalue weighted by Gasteiger charge is 2.16. The molecule has 1 atom stereocenters. The molecule has 1 aliphatic heterocycles. The van der Waals surface area contributed by atoms with E-state index in [0.717, 1.165) is 16.8 Å². The predicted octanol–water partition coefficient (Wildman–Crippen LogP) is 5.15. The Hall–Kier alpha value is -1.68. The Bertz CT molecular complexity index is 726. The molecule has 2 aromatic rings. The van der Waals surface area contributed by atoms with Crippen molar-refractivity contribution in [3.8, 4) is 0 Å². The SMILES string of the molecule is Clc1ccc(C(Cl)c2ccc(N3C=NC=CN3)cc2Cl)cc1. The third-order valence-corrected chi connectivity index (χ3v) is 4.32. The number of rotatable bonds is 3. The second kappa shape index (κ2) is 6.61. The molecule has 0 spiro atoms. The number of hydrogen-bond donors (Lipinski definition) is 1. The van der Waals surface area contributed by atoms with Gasteiger partial charge in [0.05, 0.1) is 11.1 Å². The van der Waals surface area contributed by atoms with Crippen molar-refractivity contribution in [2.24, 2.45) is 4.99 Å². The van der Waals surface area contributed by atoms with Gasteiger partial charge in [-0.15, -0.1) is 11.6 Å². The summed E-state index contributed by atoms with van der Waals surface area (Å²) in [7, 11) is 0. The fraction of sp³-hybridized carbons (Fsp3) is 0.0625. The van der Waals surface area contributed by atoms with E-state index < -0.39 is 0 Å². The van der Waals surface area contributed by atoms with Crippen molar-refractivity contribution in [1.29, 1.82) is 0 Å². The maximum absolute atomic E-state index is 6.53. The van der Waals surface area contributed by atoms with Crippen LogP contribution in [0.3, 0.4) is 0 Å². The minimum atomic E-state index is -0.332. The fourth-order valence-corrected chi connectivity index (χ4v) is 2.92. The first-order valence-corrected chi connectivity index (χ1v) is 7.77. The molecular formula is C16H12Cl3N3. The van der Waals surface area contributed by atoms with E-state index in [2.05, 4.69) is 10.4 Å². The number of nitrogens with zero attached hydrogens (tertiary/aromatic N) is 2. The van der Waals surface area contributed by atoms with Gasteiger partial charge < -0.3 is 0 Å². The third kappa shape index (κ3) is 3.22. The molecule has 0 saturated heterocycles. The molecule has 1 aliphatic rings. The minimum Gasteiger partial charge on any atom is -0.299 e. The maximum atomic E-state index is 6.53. The van der Waals surface area contributed by atoms with Crippen LogP contribution in [0.15, 0.2) is 59.9 Å². The van der Waals surface area contributed by atoms with E-state index in [-0.39, 0.29) is 5.38 Å². The normalized spacial score (nSPS) is 14.8. The lowest BCUT2D eigenvalue weighted by Gasteiger charge is -2.22. The van der Waals surface area contributed by atoms with Gasteiger partial charge in [-0.2, -0.15) is 0 Å². The van der Waals surface area contributed by atoms with Crippen LogP contribution in [0.5, 0.6) is 0 Å². The second-order valence-electron chi connectivity index (χ2n) is 4.70. The van der Waals surface area contributed by atoms with Crippen molar-refractivity contribution < 1.29 is 0 Å². The topological polar surface area (TPSA) is 27.6 Å². The first kappa shape index (κ1) is 15.2. The number of aliphatic imine (C=N–C) groups is 1. The van der Waals surface area contributed by atoms with Crippen LogP contribution >= 0.6 is 34.8 Å². The summed E-state index contributed by atoms with van der Waals surface area (Å²) in [5.74, 6) is 0. The van der Waals surface area contributed by atoms with Gasteiger partial charge >= 0.3 is 0 Å². The molecule has 0 bridgehead atoms. The van der Waals surface area contributed by atoms with Crippen LogP contribution in [0.1, 0.15) is 16.5 Å². The second-order valence-corrected chi connectivity index (χ2v) is 5.98. The van der Waals surface area contributed by atoms with Crippen molar-refractivity contribution in [3.63, 3.8) is 0 Å². The number of hydrogen-bond acceptors (Lipinski definition) is 3. The molecule has 0 fully saturated rings. The first-order valence-electron chi connectivity index (χ1n) is 6.58. The Morgan fingerprint density at radius 3 is 2.45 bits per heavy atom. The molecule has 1 unspecified atom stereocenters. The average molecular weight is 353 g/mol. The lowest BCUT2D eigenvalue weighted by molar-refractivity contribution is 0.908. The standard InChI is InChI=1S/C16H12Cl3N3/c17-12-3-1-11(2-4-12)16(19)14-6-5-13(9-15(14)18)22-10-20-7-8-21-22/h1-10,16,21H. The van der Waals surface area contributed by atoms with Crippen molar-refractivity contribution in [1.82, 2.24) is 5.43 Å². The molecule has 0 aromatic heterocycles. The van der Waals surface area contributed by atoms with E-state index in [1.165, 1.54) is 0 Å². The lowest BCUT2D eigenvalue weighted by atomic mass is 10.0. The number of anilines is 1. The molecule has 0 radical (unpaired) electrons. The van der Waals surface area contributed by atoms with Gasteiger partial charge in [-0.05, 0) is 35.4 Å². The van der Waals surface area contributed by atoms with Crippen LogP contribution in [-0.2, 0) is 0 Å². The van der Waals surface area contributed by atoms with Gasteiger partial charge in [-0.3, -0.25) is 5.43 Å². The number of halogens is 3. The Labute approximate surface area is 143 Å². The molecule has 3 nitrogen and oxygen atoms in total. The van der Waals surface area contributed by atoms with Gasteiger partial charge in [0, 0.05) is 22.4 Å². The largest absolute Gasteiger partial charge is 0.299 e. The molecule has 112 valence electrons. The van der Waals surface area contributed by atoms with Gasteiger partial charge in [0.1, 0.15) is 6.34 Å². The van der Waals surface area contributed by atoms with Crippen molar-refractivity contribution >= 4 is 46.8 Å². The zero-order chi connectivity index (χ0) is 15.5. The quantitative estimate of drug-likeness (QED) is 0.774. The van der Waals surface area contributed by atoms with Crippen molar-refractivity contribution in [3.05, 3.63) is 76.0 Å². The van der Waals surface area contributed by atoms with E-state index in [9.17, 15) is 0 Å². The highest BCUT2D eigenvalue weighted by molar-refractivity contribution is 6.33. The predicted molar refractivity (Wildman–Crippen MR) is 93.8 cm³/mol. The molecular weight excluding hydrogens is 341 g/mol. The van der Waals surface area contributed by atoms with Gasteiger partial charge in [0.25, 0.3) is 0 Å². The molecule has 6 heteroatoms. The monoisotopic (exact) mass is 351 g/mol. The Kier molecular flexibility index (Phi) is 4.57. The Balaban J connectivity index is 1.87. The number of hydrazine groups is 1. The zero-order valence-electron chi connectivity index (χ0n) is 11.4. The summed E-state index contributed by atoms with van der Waals surface area (Å²) >= 11 is 18.8. The molecule has 2 aromatic carbocycles. The molecule has 22 heavy (non-hydrogen) atoms. The van der Waals surface area contributed by atoms with Crippen molar-refractivity contribution in [2.75, 3.05) is 5.01 Å². The van der Waals surface area contributed by atoms with Crippen LogP contribution < -0.4 is 10.4 Å². The summed E-state index contributed by atoms with van der Waals surface area (Å²) in [5.41, 5.74) is 5.71. The molecule has 0 amide bonds.